The van der Waals surface area contributed by atoms with Crippen LogP contribution in [0.1, 0.15) is 37.4 Å². The first-order valence-corrected chi connectivity index (χ1v) is 7.44. The second kappa shape index (κ2) is 4.22. The summed E-state index contributed by atoms with van der Waals surface area (Å²) < 4.78 is 6.69. The molecule has 2 aliphatic carbocycles. The van der Waals surface area contributed by atoms with Crippen LogP contribution in [0.4, 0.5) is 0 Å². The molecule has 2 fully saturated rings. The predicted molar refractivity (Wildman–Crippen MR) is 75.4 cm³/mol. The average molecular weight is 273 g/mol. The van der Waals surface area contributed by atoms with Gasteiger partial charge in [-0.05, 0) is 48.3 Å². The van der Waals surface area contributed by atoms with Crippen molar-refractivity contribution in [2.45, 2.75) is 31.8 Å². The Morgan fingerprint density at radius 3 is 2.70 bits per heavy atom. The van der Waals surface area contributed by atoms with E-state index in [-0.39, 0.29) is 5.76 Å². The van der Waals surface area contributed by atoms with Gasteiger partial charge in [-0.15, -0.1) is 0 Å². The molecule has 3 atom stereocenters. The zero-order valence-corrected chi connectivity index (χ0v) is 11.6. The van der Waals surface area contributed by atoms with Gasteiger partial charge in [-0.1, -0.05) is 18.9 Å². The van der Waals surface area contributed by atoms with E-state index in [4.69, 9.17) is 4.42 Å². The largest absolute Gasteiger partial charge is 0.419 e. The number of oxazole rings is 1. The number of aliphatic hydroxyl groups is 1. The van der Waals surface area contributed by atoms with Crippen molar-refractivity contribution in [3.63, 3.8) is 0 Å². The summed E-state index contributed by atoms with van der Waals surface area (Å²) in [7, 11) is 1.69. The van der Waals surface area contributed by atoms with Crippen molar-refractivity contribution in [2.24, 2.45) is 24.8 Å². The summed E-state index contributed by atoms with van der Waals surface area (Å²) in [5, 5.41) is 10.6. The fourth-order valence-electron chi connectivity index (χ4n) is 4.07. The van der Waals surface area contributed by atoms with E-state index in [1.807, 2.05) is 18.2 Å². The van der Waals surface area contributed by atoms with Crippen LogP contribution < -0.4 is 5.76 Å². The van der Waals surface area contributed by atoms with E-state index in [1.54, 1.807) is 7.05 Å². The number of aliphatic hydroxyl groups excluding tert-OH is 1. The number of nitrogens with zero attached hydrogens (tertiary/aromatic N) is 1. The van der Waals surface area contributed by atoms with E-state index in [1.165, 1.54) is 30.3 Å². The first-order chi connectivity index (χ1) is 9.66. The quantitative estimate of drug-likeness (QED) is 0.915. The summed E-state index contributed by atoms with van der Waals surface area (Å²) >= 11 is 0. The summed E-state index contributed by atoms with van der Waals surface area (Å²) in [5.41, 5.74) is 2.23. The zero-order valence-electron chi connectivity index (χ0n) is 11.6. The lowest BCUT2D eigenvalue weighted by Gasteiger charge is -2.10. The lowest BCUT2D eigenvalue weighted by Crippen LogP contribution is -2.08. The van der Waals surface area contributed by atoms with Gasteiger partial charge in [0.15, 0.2) is 5.58 Å². The van der Waals surface area contributed by atoms with Crippen LogP contribution in [0, 0.1) is 17.8 Å². The Morgan fingerprint density at radius 2 is 2.00 bits per heavy atom. The topological polar surface area (TPSA) is 55.4 Å². The minimum absolute atomic E-state index is 0.355. The molecule has 0 amide bonds. The van der Waals surface area contributed by atoms with Crippen molar-refractivity contribution in [1.29, 1.82) is 0 Å². The molecular formula is C16H19NO3. The van der Waals surface area contributed by atoms with Crippen molar-refractivity contribution >= 4 is 11.1 Å². The molecule has 0 saturated heterocycles. The number of benzene rings is 1. The van der Waals surface area contributed by atoms with Gasteiger partial charge in [0.05, 0.1) is 11.6 Å². The molecule has 0 bridgehead atoms. The van der Waals surface area contributed by atoms with Gasteiger partial charge in [0.25, 0.3) is 0 Å². The maximum atomic E-state index is 11.5. The second-order valence-electron chi connectivity index (χ2n) is 6.29. The third-order valence-corrected chi connectivity index (χ3v) is 5.25. The molecule has 1 aromatic carbocycles. The highest BCUT2D eigenvalue weighted by atomic mass is 16.4. The molecule has 0 radical (unpaired) electrons. The van der Waals surface area contributed by atoms with E-state index in [9.17, 15) is 9.90 Å². The van der Waals surface area contributed by atoms with Crippen LogP contribution >= 0.6 is 0 Å². The Kier molecular flexibility index (Phi) is 2.58. The molecule has 1 N–H and O–H groups in total. The molecular weight excluding hydrogens is 254 g/mol. The molecule has 1 heterocycles. The Morgan fingerprint density at radius 1 is 1.30 bits per heavy atom. The first kappa shape index (κ1) is 12.2. The maximum Gasteiger partial charge on any atom is 0.419 e. The fraction of sp³-hybridized carbons (Fsp3) is 0.562. The van der Waals surface area contributed by atoms with E-state index in [0.29, 0.717) is 23.3 Å². The Labute approximate surface area is 117 Å². The molecule has 2 aromatic rings. The molecule has 4 heteroatoms. The molecule has 4 nitrogen and oxygen atoms in total. The summed E-state index contributed by atoms with van der Waals surface area (Å²) in [5.74, 6) is 1.46. The molecule has 4 rings (SSSR count). The van der Waals surface area contributed by atoms with Crippen molar-refractivity contribution in [1.82, 2.24) is 4.57 Å². The lowest BCUT2D eigenvalue weighted by molar-refractivity contribution is 0.142. The van der Waals surface area contributed by atoms with Crippen LogP contribution in [0.5, 0.6) is 0 Å². The van der Waals surface area contributed by atoms with Gasteiger partial charge in [0.2, 0.25) is 0 Å². The Balaban J connectivity index is 1.66. The molecule has 2 aliphatic rings. The number of hydrogen-bond acceptors (Lipinski definition) is 3. The standard InChI is InChI=1S/C16H19NO3/c1-17-12-7-6-9(8-13(12)20-16(17)19)15(18)14-10-4-2-3-5-11(10)14/h6-8,10-11,14-15,18H,2-5H2,1H3. The van der Waals surface area contributed by atoms with Crippen molar-refractivity contribution in [3.05, 3.63) is 34.3 Å². The monoisotopic (exact) mass is 273 g/mol. The van der Waals surface area contributed by atoms with Crippen molar-refractivity contribution in [2.75, 3.05) is 0 Å². The number of aryl methyl sites for hydroxylation is 1. The summed E-state index contributed by atoms with van der Waals surface area (Å²) in [6.07, 6.45) is 4.70. The van der Waals surface area contributed by atoms with Crippen LogP contribution in [-0.4, -0.2) is 9.67 Å². The van der Waals surface area contributed by atoms with Crippen LogP contribution in [0.15, 0.2) is 27.4 Å². The van der Waals surface area contributed by atoms with E-state index in [0.717, 1.165) is 11.1 Å². The minimum atomic E-state index is -0.419. The second-order valence-corrected chi connectivity index (χ2v) is 6.29. The van der Waals surface area contributed by atoms with E-state index in [2.05, 4.69) is 0 Å². The van der Waals surface area contributed by atoms with Crippen LogP contribution in [0.3, 0.4) is 0 Å². The van der Waals surface area contributed by atoms with Crippen LogP contribution in [-0.2, 0) is 7.05 Å². The van der Waals surface area contributed by atoms with Gasteiger partial charge in [0.1, 0.15) is 0 Å². The van der Waals surface area contributed by atoms with Gasteiger partial charge in [-0.2, -0.15) is 0 Å². The van der Waals surface area contributed by atoms with E-state index >= 15 is 0 Å². The predicted octanol–water partition coefficient (Wildman–Crippen LogP) is 2.60. The summed E-state index contributed by atoms with van der Waals surface area (Å²) in [6.45, 7) is 0. The molecule has 3 unspecified atom stereocenters. The maximum absolute atomic E-state index is 11.5. The fourth-order valence-corrected chi connectivity index (χ4v) is 4.07. The number of hydrogen-bond donors (Lipinski definition) is 1. The Bertz CT molecular complexity index is 702. The molecule has 0 spiro atoms. The molecule has 20 heavy (non-hydrogen) atoms. The molecule has 0 aliphatic heterocycles. The summed E-state index contributed by atoms with van der Waals surface area (Å²) in [6, 6.07) is 5.61. The van der Waals surface area contributed by atoms with Crippen molar-refractivity contribution in [3.8, 4) is 0 Å². The summed E-state index contributed by atoms with van der Waals surface area (Å²) in [4.78, 5) is 11.5. The lowest BCUT2D eigenvalue weighted by atomic mass is 10.0. The molecule has 1 aromatic heterocycles. The highest BCUT2D eigenvalue weighted by molar-refractivity contribution is 5.73. The SMILES string of the molecule is Cn1c(=O)oc2cc(C(O)C3C4CCCCC43)ccc21. The normalized spacial score (nSPS) is 30.2. The Hall–Kier alpha value is -1.55. The van der Waals surface area contributed by atoms with Crippen LogP contribution in [0.25, 0.3) is 11.1 Å². The number of aromatic nitrogens is 1. The number of rotatable bonds is 2. The highest BCUT2D eigenvalue weighted by Crippen LogP contribution is 2.60. The first-order valence-electron chi connectivity index (χ1n) is 7.44. The van der Waals surface area contributed by atoms with Gasteiger partial charge in [-0.25, -0.2) is 4.79 Å². The van der Waals surface area contributed by atoms with Gasteiger partial charge in [0, 0.05) is 7.05 Å². The van der Waals surface area contributed by atoms with Gasteiger partial charge < -0.3 is 9.52 Å². The smallest absolute Gasteiger partial charge is 0.408 e. The van der Waals surface area contributed by atoms with Crippen molar-refractivity contribution < 1.29 is 9.52 Å². The minimum Gasteiger partial charge on any atom is -0.408 e. The third-order valence-electron chi connectivity index (χ3n) is 5.25. The number of fused-ring (bicyclic) bond motifs is 2. The van der Waals surface area contributed by atoms with E-state index < -0.39 is 6.10 Å². The zero-order chi connectivity index (χ0) is 13.9. The van der Waals surface area contributed by atoms with Crippen LogP contribution in [0.2, 0.25) is 0 Å². The average Bonchev–Trinajstić information content (AvgIpc) is 3.12. The molecule has 106 valence electrons. The van der Waals surface area contributed by atoms with Gasteiger partial charge >= 0.3 is 5.76 Å². The molecule has 2 saturated carbocycles. The van der Waals surface area contributed by atoms with Gasteiger partial charge in [-0.3, -0.25) is 4.57 Å². The highest BCUT2D eigenvalue weighted by Gasteiger charge is 2.54. The third kappa shape index (κ3) is 1.67.